The van der Waals surface area contributed by atoms with Crippen molar-refractivity contribution in [2.24, 2.45) is 5.41 Å². The zero-order chi connectivity index (χ0) is 26.2. The van der Waals surface area contributed by atoms with Gasteiger partial charge in [0.15, 0.2) is 11.5 Å². The minimum atomic E-state index is -0.636. The van der Waals surface area contributed by atoms with Crippen LogP contribution in [0.4, 0.5) is 5.69 Å². The number of hydrazine groups is 1. The van der Waals surface area contributed by atoms with E-state index in [1.54, 1.807) is 0 Å². The number of methoxy groups -OCH3 is 3. The van der Waals surface area contributed by atoms with Crippen molar-refractivity contribution in [2.75, 3.05) is 26.6 Å². The molecule has 2 aromatic rings. The third kappa shape index (κ3) is 7.91. The highest BCUT2D eigenvalue weighted by Gasteiger charge is 2.26. The van der Waals surface area contributed by atoms with Crippen LogP contribution in [0.15, 0.2) is 36.4 Å². The third-order valence-electron chi connectivity index (χ3n) is 5.38. The second-order valence-electron chi connectivity index (χ2n) is 9.26. The molecule has 35 heavy (non-hydrogen) atoms. The van der Waals surface area contributed by atoms with Crippen molar-refractivity contribution >= 4 is 23.4 Å². The van der Waals surface area contributed by atoms with Gasteiger partial charge in [-0.15, -0.1) is 0 Å². The Balaban J connectivity index is 1.91. The lowest BCUT2D eigenvalue weighted by Gasteiger charge is -2.23. The van der Waals surface area contributed by atoms with Gasteiger partial charge in [-0.05, 0) is 41.2 Å². The number of carbonyl (C=O) groups is 3. The summed E-state index contributed by atoms with van der Waals surface area (Å²) < 4.78 is 15.7. The summed E-state index contributed by atoms with van der Waals surface area (Å²) in [6, 6.07) is 10.7. The van der Waals surface area contributed by atoms with Crippen LogP contribution in [-0.4, -0.2) is 39.1 Å². The molecule has 0 heterocycles. The van der Waals surface area contributed by atoms with Crippen LogP contribution in [0, 0.1) is 5.41 Å². The normalized spacial score (nSPS) is 11.0. The van der Waals surface area contributed by atoms with E-state index < -0.39 is 17.2 Å². The lowest BCUT2D eigenvalue weighted by molar-refractivity contribution is -0.124. The Bertz CT molecular complexity index is 1020. The standard InChI is InChI=1S/C26H35N3O6/c1-16(2)17-8-10-19(11-9-17)27-22(30)14-26(3,4)15-23(31)28-29-25(32)18-12-20(33-5)24(35-7)21(13-18)34-6/h8-13,16H,14-15H2,1-7H3,(H,27,30)(H,28,31)(H,29,32). The second-order valence-corrected chi connectivity index (χ2v) is 9.26. The number of anilines is 1. The molecule has 9 heteroatoms. The number of carbonyl (C=O) groups excluding carboxylic acids is 3. The molecule has 0 aliphatic heterocycles. The van der Waals surface area contributed by atoms with E-state index in [9.17, 15) is 14.4 Å². The van der Waals surface area contributed by atoms with Crippen molar-refractivity contribution in [3.63, 3.8) is 0 Å². The first-order valence-electron chi connectivity index (χ1n) is 11.3. The van der Waals surface area contributed by atoms with E-state index in [-0.39, 0.29) is 24.3 Å². The zero-order valence-electron chi connectivity index (χ0n) is 21.4. The van der Waals surface area contributed by atoms with Gasteiger partial charge in [0.05, 0.1) is 21.3 Å². The Morgan fingerprint density at radius 1 is 0.829 bits per heavy atom. The van der Waals surface area contributed by atoms with Crippen molar-refractivity contribution in [2.45, 2.75) is 46.5 Å². The van der Waals surface area contributed by atoms with Gasteiger partial charge in [0.2, 0.25) is 17.6 Å². The maximum Gasteiger partial charge on any atom is 0.269 e. The van der Waals surface area contributed by atoms with Gasteiger partial charge >= 0.3 is 0 Å². The number of nitrogens with one attached hydrogen (secondary N) is 3. The number of rotatable bonds is 10. The molecule has 190 valence electrons. The van der Waals surface area contributed by atoms with Crippen molar-refractivity contribution in [1.29, 1.82) is 0 Å². The quantitative estimate of drug-likeness (QED) is 0.438. The fourth-order valence-electron chi connectivity index (χ4n) is 3.54. The summed E-state index contributed by atoms with van der Waals surface area (Å²) in [7, 11) is 4.35. The number of hydrogen-bond donors (Lipinski definition) is 3. The molecule has 2 rings (SSSR count). The van der Waals surface area contributed by atoms with Crippen molar-refractivity contribution in [3.8, 4) is 17.2 Å². The first kappa shape index (κ1) is 27.5. The highest BCUT2D eigenvalue weighted by molar-refractivity contribution is 5.97. The molecule has 0 fully saturated rings. The molecule has 3 amide bonds. The third-order valence-corrected chi connectivity index (χ3v) is 5.38. The van der Waals surface area contributed by atoms with E-state index in [1.807, 2.05) is 38.1 Å². The number of hydrogen-bond acceptors (Lipinski definition) is 6. The SMILES string of the molecule is COc1cc(C(=O)NNC(=O)CC(C)(C)CC(=O)Nc2ccc(C(C)C)cc2)cc(OC)c1OC. The van der Waals surface area contributed by atoms with Crippen molar-refractivity contribution < 1.29 is 28.6 Å². The Morgan fingerprint density at radius 2 is 1.37 bits per heavy atom. The van der Waals surface area contributed by atoms with Crippen LogP contribution in [0.1, 0.15) is 62.4 Å². The van der Waals surface area contributed by atoms with Crippen LogP contribution in [0.5, 0.6) is 17.2 Å². The zero-order valence-corrected chi connectivity index (χ0v) is 21.4. The molecule has 0 atom stereocenters. The van der Waals surface area contributed by atoms with Gasteiger partial charge in [-0.25, -0.2) is 0 Å². The van der Waals surface area contributed by atoms with Crippen LogP contribution in [-0.2, 0) is 9.59 Å². The summed E-state index contributed by atoms with van der Waals surface area (Å²) in [4.78, 5) is 37.5. The minimum Gasteiger partial charge on any atom is -0.493 e. The number of amides is 3. The minimum absolute atomic E-state index is 0.0300. The molecule has 0 bridgehead atoms. The summed E-state index contributed by atoms with van der Waals surface area (Å²) >= 11 is 0. The molecule has 0 saturated heterocycles. The summed E-state index contributed by atoms with van der Waals surface area (Å²) in [5.41, 5.74) is 6.24. The molecular formula is C26H35N3O6. The number of ether oxygens (including phenoxy) is 3. The lowest BCUT2D eigenvalue weighted by Crippen LogP contribution is -2.43. The van der Waals surface area contributed by atoms with E-state index in [0.29, 0.717) is 28.9 Å². The first-order valence-corrected chi connectivity index (χ1v) is 11.3. The maximum absolute atomic E-state index is 12.6. The number of benzene rings is 2. The Labute approximate surface area is 206 Å². The largest absolute Gasteiger partial charge is 0.493 e. The molecule has 3 N–H and O–H groups in total. The molecule has 0 aromatic heterocycles. The average Bonchev–Trinajstić information content (AvgIpc) is 2.80. The van der Waals surface area contributed by atoms with Gasteiger partial charge in [-0.1, -0.05) is 39.8 Å². The molecule has 9 nitrogen and oxygen atoms in total. The topological polar surface area (TPSA) is 115 Å². The van der Waals surface area contributed by atoms with Gasteiger partial charge in [0.1, 0.15) is 0 Å². The molecular weight excluding hydrogens is 450 g/mol. The van der Waals surface area contributed by atoms with Gasteiger partial charge in [0, 0.05) is 24.1 Å². The van der Waals surface area contributed by atoms with E-state index in [1.165, 1.54) is 39.0 Å². The van der Waals surface area contributed by atoms with E-state index in [0.717, 1.165) is 0 Å². The Morgan fingerprint density at radius 3 is 1.86 bits per heavy atom. The second kappa shape index (κ2) is 12.1. The fourth-order valence-corrected chi connectivity index (χ4v) is 3.54. The van der Waals surface area contributed by atoms with Gasteiger partial charge < -0.3 is 19.5 Å². The average molecular weight is 486 g/mol. The Hall–Kier alpha value is -3.75. The van der Waals surface area contributed by atoms with Gasteiger partial charge in [-0.3, -0.25) is 25.2 Å². The molecule has 0 radical (unpaired) electrons. The highest BCUT2D eigenvalue weighted by atomic mass is 16.5. The molecule has 0 spiro atoms. The van der Waals surface area contributed by atoms with Crippen LogP contribution in [0.25, 0.3) is 0 Å². The van der Waals surface area contributed by atoms with E-state index in [4.69, 9.17) is 14.2 Å². The van der Waals surface area contributed by atoms with Crippen LogP contribution in [0.3, 0.4) is 0 Å². The maximum atomic E-state index is 12.6. The van der Waals surface area contributed by atoms with Gasteiger partial charge in [0.25, 0.3) is 5.91 Å². The van der Waals surface area contributed by atoms with Crippen LogP contribution >= 0.6 is 0 Å². The smallest absolute Gasteiger partial charge is 0.269 e. The predicted octanol–water partition coefficient (Wildman–Crippen LogP) is 4.04. The van der Waals surface area contributed by atoms with Crippen molar-refractivity contribution in [3.05, 3.63) is 47.5 Å². The molecule has 0 unspecified atom stereocenters. The fraction of sp³-hybridized carbons (Fsp3) is 0.423. The van der Waals surface area contributed by atoms with Crippen LogP contribution in [0.2, 0.25) is 0 Å². The summed E-state index contributed by atoms with van der Waals surface area (Å²) in [5, 5.41) is 2.87. The summed E-state index contributed by atoms with van der Waals surface area (Å²) in [5.74, 6) is 0.214. The molecule has 0 aliphatic rings. The predicted molar refractivity (Wildman–Crippen MR) is 134 cm³/mol. The summed E-state index contributed by atoms with van der Waals surface area (Å²) in [6.07, 6.45) is 0.162. The lowest BCUT2D eigenvalue weighted by atomic mass is 9.85. The van der Waals surface area contributed by atoms with Crippen LogP contribution < -0.4 is 30.4 Å². The van der Waals surface area contributed by atoms with Crippen molar-refractivity contribution in [1.82, 2.24) is 10.9 Å². The monoisotopic (exact) mass is 485 g/mol. The van der Waals surface area contributed by atoms with E-state index >= 15 is 0 Å². The molecule has 0 saturated carbocycles. The molecule has 0 aliphatic carbocycles. The van der Waals surface area contributed by atoms with Gasteiger partial charge in [-0.2, -0.15) is 0 Å². The Kier molecular flexibility index (Phi) is 9.50. The molecule has 2 aromatic carbocycles. The van der Waals surface area contributed by atoms with E-state index in [2.05, 4.69) is 30.0 Å². The highest BCUT2D eigenvalue weighted by Crippen LogP contribution is 2.38. The summed E-state index contributed by atoms with van der Waals surface area (Å²) in [6.45, 7) is 7.84. The first-order chi connectivity index (χ1) is 16.5.